The van der Waals surface area contributed by atoms with Gasteiger partial charge in [-0.15, -0.1) is 11.3 Å². The highest BCUT2D eigenvalue weighted by Crippen LogP contribution is 2.35. The molecule has 0 saturated carbocycles. The smallest absolute Gasteiger partial charge is 0.260 e. The number of nitrogens with one attached hydrogen (secondary N) is 1. The number of nitrogens with zero attached hydrogens (tertiary/aromatic N) is 1. The predicted molar refractivity (Wildman–Crippen MR) is 92.4 cm³/mol. The van der Waals surface area contributed by atoms with Crippen LogP contribution in [0.25, 0.3) is 21.3 Å². The third-order valence-electron chi connectivity index (χ3n) is 3.99. The molecule has 0 radical (unpaired) electrons. The first kappa shape index (κ1) is 14.6. The zero-order valence-corrected chi connectivity index (χ0v) is 13.6. The van der Waals surface area contributed by atoms with Gasteiger partial charge in [-0.3, -0.25) is 4.79 Å². The van der Waals surface area contributed by atoms with Crippen molar-refractivity contribution in [2.75, 3.05) is 0 Å². The average Bonchev–Trinajstić information content (AvgIpc) is 3.09. The van der Waals surface area contributed by atoms with Crippen molar-refractivity contribution >= 4 is 44.3 Å². The zero-order valence-electron chi connectivity index (χ0n) is 12.0. The Hall–Kier alpha value is -1.98. The van der Waals surface area contributed by atoms with Crippen LogP contribution in [0.1, 0.15) is 28.2 Å². The van der Waals surface area contributed by atoms with E-state index in [1.807, 2.05) is 0 Å². The standard InChI is InChI=1S/C17H12ClFN2OS/c18-11(8-9-4-1-2-6-12(9)19)15-20-16(22)14-10-5-3-7-13(10)23-17(14)21-15/h1-2,4,6,8H,3,5,7H2,(H,20,21,22)/b11-8-. The quantitative estimate of drug-likeness (QED) is 0.749. The fourth-order valence-corrected chi connectivity index (χ4v) is 4.38. The normalized spacial score (nSPS) is 14.4. The van der Waals surface area contributed by atoms with Gasteiger partial charge in [0, 0.05) is 10.4 Å². The Kier molecular flexibility index (Phi) is 3.54. The molecule has 6 heteroatoms. The number of rotatable bonds is 2. The minimum absolute atomic E-state index is 0.176. The van der Waals surface area contributed by atoms with Crippen LogP contribution in [-0.4, -0.2) is 9.97 Å². The van der Waals surface area contributed by atoms with Crippen LogP contribution in [0.2, 0.25) is 0 Å². The molecule has 0 unspecified atom stereocenters. The maximum atomic E-state index is 13.7. The van der Waals surface area contributed by atoms with Gasteiger partial charge in [-0.2, -0.15) is 0 Å². The minimum Gasteiger partial charge on any atom is -0.305 e. The van der Waals surface area contributed by atoms with Gasteiger partial charge in [0.1, 0.15) is 10.6 Å². The van der Waals surface area contributed by atoms with Gasteiger partial charge in [0.15, 0.2) is 5.82 Å². The third kappa shape index (κ3) is 2.50. The van der Waals surface area contributed by atoms with Crippen molar-refractivity contribution < 1.29 is 4.39 Å². The zero-order chi connectivity index (χ0) is 16.0. The molecule has 0 atom stereocenters. The molecule has 0 amide bonds. The summed E-state index contributed by atoms with van der Waals surface area (Å²) in [7, 11) is 0. The Balaban J connectivity index is 1.84. The van der Waals surface area contributed by atoms with Crippen LogP contribution in [0.3, 0.4) is 0 Å². The first-order chi connectivity index (χ1) is 11.1. The summed E-state index contributed by atoms with van der Waals surface area (Å²) in [6.45, 7) is 0. The van der Waals surface area contributed by atoms with E-state index in [9.17, 15) is 9.18 Å². The number of halogens is 2. The van der Waals surface area contributed by atoms with Gasteiger partial charge in [-0.05, 0) is 37.0 Å². The predicted octanol–water partition coefficient (Wildman–Crippen LogP) is 4.35. The van der Waals surface area contributed by atoms with Crippen molar-refractivity contribution in [3.8, 4) is 0 Å². The van der Waals surface area contributed by atoms with Gasteiger partial charge < -0.3 is 4.98 Å². The molecule has 0 aliphatic heterocycles. The van der Waals surface area contributed by atoms with E-state index in [4.69, 9.17) is 11.6 Å². The molecule has 1 aromatic carbocycles. The molecule has 116 valence electrons. The van der Waals surface area contributed by atoms with Crippen LogP contribution < -0.4 is 5.56 Å². The largest absolute Gasteiger partial charge is 0.305 e. The molecule has 0 bridgehead atoms. The van der Waals surface area contributed by atoms with Crippen LogP contribution in [0.5, 0.6) is 0 Å². The van der Waals surface area contributed by atoms with Crippen molar-refractivity contribution in [2.45, 2.75) is 19.3 Å². The molecule has 2 heterocycles. The van der Waals surface area contributed by atoms with Gasteiger partial charge in [-0.1, -0.05) is 29.8 Å². The van der Waals surface area contributed by atoms with Crippen LogP contribution in [-0.2, 0) is 12.8 Å². The van der Waals surface area contributed by atoms with E-state index in [1.165, 1.54) is 17.0 Å². The molecule has 0 fully saturated rings. The van der Waals surface area contributed by atoms with Gasteiger partial charge >= 0.3 is 0 Å². The second-order valence-electron chi connectivity index (χ2n) is 5.47. The number of aryl methyl sites for hydroxylation is 2. The van der Waals surface area contributed by atoms with Gasteiger partial charge in [0.25, 0.3) is 5.56 Å². The van der Waals surface area contributed by atoms with E-state index in [2.05, 4.69) is 9.97 Å². The maximum Gasteiger partial charge on any atom is 0.260 e. The molecule has 3 aromatic rings. The van der Waals surface area contributed by atoms with E-state index in [0.717, 1.165) is 24.8 Å². The average molecular weight is 347 g/mol. The molecular weight excluding hydrogens is 335 g/mol. The van der Waals surface area contributed by atoms with Crippen LogP contribution >= 0.6 is 22.9 Å². The highest BCUT2D eigenvalue weighted by Gasteiger charge is 2.21. The summed E-state index contributed by atoms with van der Waals surface area (Å²) in [5, 5.41) is 0.893. The Labute approximate surface area is 140 Å². The van der Waals surface area contributed by atoms with Crippen molar-refractivity contribution in [1.29, 1.82) is 0 Å². The van der Waals surface area contributed by atoms with Gasteiger partial charge in [0.05, 0.1) is 10.4 Å². The number of benzene rings is 1. The topological polar surface area (TPSA) is 45.8 Å². The van der Waals surface area contributed by atoms with E-state index < -0.39 is 0 Å². The van der Waals surface area contributed by atoms with Gasteiger partial charge in [0.2, 0.25) is 0 Å². The number of aromatic amines is 1. The SMILES string of the molecule is O=c1[nH]c(/C(Cl)=C/c2ccccc2F)nc2sc3c(c12)CCC3. The molecule has 0 spiro atoms. The number of hydrogen-bond donors (Lipinski definition) is 1. The first-order valence-corrected chi connectivity index (χ1v) is 8.49. The Bertz CT molecular complexity index is 1010. The Morgan fingerprint density at radius 3 is 3.00 bits per heavy atom. The lowest BCUT2D eigenvalue weighted by molar-refractivity contribution is 0.625. The lowest BCUT2D eigenvalue weighted by atomic mass is 10.2. The molecule has 1 aliphatic rings. The summed E-state index contributed by atoms with van der Waals surface area (Å²) in [5.41, 5.74) is 1.30. The maximum absolute atomic E-state index is 13.7. The molecule has 2 aromatic heterocycles. The second-order valence-corrected chi connectivity index (χ2v) is 6.96. The second kappa shape index (κ2) is 5.58. The molecule has 1 N–H and O–H groups in total. The summed E-state index contributed by atoms with van der Waals surface area (Å²) in [4.78, 5) is 21.5. The van der Waals surface area contributed by atoms with E-state index >= 15 is 0 Å². The van der Waals surface area contributed by atoms with Crippen molar-refractivity contribution in [3.63, 3.8) is 0 Å². The van der Waals surface area contributed by atoms with E-state index in [1.54, 1.807) is 29.5 Å². The number of fused-ring (bicyclic) bond motifs is 3. The van der Waals surface area contributed by atoms with E-state index in [0.29, 0.717) is 15.8 Å². The van der Waals surface area contributed by atoms with Crippen LogP contribution in [0.15, 0.2) is 29.1 Å². The number of thiophene rings is 1. The molecule has 23 heavy (non-hydrogen) atoms. The molecular formula is C17H12ClFN2OS. The monoisotopic (exact) mass is 346 g/mol. The minimum atomic E-state index is -0.371. The summed E-state index contributed by atoms with van der Waals surface area (Å²) in [5.74, 6) is -0.100. The summed E-state index contributed by atoms with van der Waals surface area (Å²) in [6.07, 6.45) is 4.50. The summed E-state index contributed by atoms with van der Waals surface area (Å²) < 4.78 is 13.7. The summed E-state index contributed by atoms with van der Waals surface area (Å²) in [6, 6.07) is 6.31. The fourth-order valence-electron chi connectivity index (χ4n) is 2.91. The van der Waals surface area contributed by atoms with Crippen LogP contribution in [0, 0.1) is 5.82 Å². The Morgan fingerprint density at radius 1 is 1.35 bits per heavy atom. The number of hydrogen-bond acceptors (Lipinski definition) is 3. The molecule has 3 nitrogen and oxygen atoms in total. The third-order valence-corrected chi connectivity index (χ3v) is 5.46. The molecule has 4 rings (SSSR count). The molecule has 0 saturated heterocycles. The molecule has 1 aliphatic carbocycles. The highest BCUT2D eigenvalue weighted by atomic mass is 35.5. The lowest BCUT2D eigenvalue weighted by Crippen LogP contribution is -2.10. The van der Waals surface area contributed by atoms with Crippen molar-refractivity contribution in [2.24, 2.45) is 0 Å². The van der Waals surface area contributed by atoms with Gasteiger partial charge in [-0.25, -0.2) is 9.37 Å². The lowest BCUT2D eigenvalue weighted by Gasteiger charge is -2.01. The first-order valence-electron chi connectivity index (χ1n) is 7.30. The summed E-state index contributed by atoms with van der Waals surface area (Å²) >= 11 is 7.80. The number of H-pyrrole nitrogens is 1. The van der Waals surface area contributed by atoms with Crippen molar-refractivity contribution in [3.05, 3.63) is 62.3 Å². The van der Waals surface area contributed by atoms with Crippen molar-refractivity contribution in [1.82, 2.24) is 9.97 Å². The van der Waals surface area contributed by atoms with E-state index in [-0.39, 0.29) is 22.2 Å². The fraction of sp³-hybridized carbons (Fsp3) is 0.176. The Morgan fingerprint density at radius 2 is 2.17 bits per heavy atom. The highest BCUT2D eigenvalue weighted by molar-refractivity contribution is 7.18. The number of aromatic nitrogens is 2. The van der Waals surface area contributed by atoms with Crippen LogP contribution in [0.4, 0.5) is 4.39 Å².